The van der Waals surface area contributed by atoms with E-state index < -0.39 is 0 Å². The molecule has 0 amide bonds. The molecule has 0 N–H and O–H groups in total. The van der Waals surface area contributed by atoms with Gasteiger partial charge in [-0.1, -0.05) is 113 Å². The smallest absolute Gasteiger partial charge is 0.309 e. The number of allylic oxidation sites excluding steroid dienone is 2. The second-order valence-corrected chi connectivity index (χ2v) is 9.48. The lowest BCUT2D eigenvalue weighted by Crippen LogP contribution is -2.14. The predicted octanol–water partition coefficient (Wildman–Crippen LogP) is 7.79. The number of unbranched alkanes of at least 4 members (excludes halogenated alkanes) is 10. The number of benzene rings is 1. The summed E-state index contributed by atoms with van der Waals surface area (Å²) in [6.45, 7) is 3.26. The van der Waals surface area contributed by atoms with Gasteiger partial charge in [0.25, 0.3) is 0 Å². The Kier molecular flexibility index (Phi) is 16.2. The van der Waals surface area contributed by atoms with Crippen molar-refractivity contribution in [3.8, 4) is 23.7 Å². The molecule has 3 nitrogen and oxygen atoms in total. The van der Waals surface area contributed by atoms with E-state index in [1.165, 1.54) is 57.8 Å². The zero-order chi connectivity index (χ0) is 24.8. The zero-order valence-corrected chi connectivity index (χ0v) is 21.7. The van der Waals surface area contributed by atoms with Crippen LogP contribution in [0.15, 0.2) is 42.5 Å². The van der Waals surface area contributed by atoms with Crippen LogP contribution in [0.4, 0.5) is 0 Å². The Morgan fingerprint density at radius 2 is 1.71 bits per heavy atom. The Balaban J connectivity index is 1.38. The summed E-state index contributed by atoms with van der Waals surface area (Å²) in [6.07, 6.45) is 20.1. The summed E-state index contributed by atoms with van der Waals surface area (Å²) in [5.41, 5.74) is 1.15. The normalized spacial score (nSPS) is 17.0. The summed E-state index contributed by atoms with van der Waals surface area (Å²) in [4.78, 5) is 12.1. The van der Waals surface area contributed by atoms with Gasteiger partial charge in [-0.05, 0) is 49.2 Å². The molecule has 3 heteroatoms. The van der Waals surface area contributed by atoms with Gasteiger partial charge in [-0.25, -0.2) is 0 Å². The number of cyclic esters (lactones) is 1. The van der Waals surface area contributed by atoms with E-state index in [2.05, 4.69) is 36.7 Å². The van der Waals surface area contributed by atoms with E-state index in [4.69, 9.17) is 9.47 Å². The van der Waals surface area contributed by atoms with E-state index in [-0.39, 0.29) is 18.0 Å². The zero-order valence-electron chi connectivity index (χ0n) is 21.7. The first-order valence-electron chi connectivity index (χ1n) is 13.7. The molecule has 1 aliphatic heterocycles. The highest BCUT2D eigenvalue weighted by molar-refractivity contribution is 5.74. The van der Waals surface area contributed by atoms with Crippen molar-refractivity contribution in [2.45, 2.75) is 110 Å². The van der Waals surface area contributed by atoms with Crippen molar-refractivity contribution in [3.05, 3.63) is 48.0 Å². The minimum atomic E-state index is -0.0830. The summed E-state index contributed by atoms with van der Waals surface area (Å²) in [6, 6.07) is 10.1. The molecule has 1 saturated heterocycles. The quantitative estimate of drug-likeness (QED) is 0.131. The van der Waals surface area contributed by atoms with Crippen LogP contribution >= 0.6 is 0 Å². The highest BCUT2D eigenvalue weighted by atomic mass is 16.6. The minimum absolute atomic E-state index is 0.0316. The Labute approximate surface area is 214 Å². The van der Waals surface area contributed by atoms with Crippen molar-refractivity contribution >= 4 is 5.97 Å². The third-order valence-electron chi connectivity index (χ3n) is 6.33. The van der Waals surface area contributed by atoms with Crippen LogP contribution in [0, 0.1) is 29.6 Å². The first kappa shape index (κ1) is 28.7. The number of rotatable bonds is 17. The maximum Gasteiger partial charge on any atom is 0.309 e. The van der Waals surface area contributed by atoms with Crippen LogP contribution in [-0.2, 0) is 20.9 Å². The molecule has 0 saturated carbocycles. The maximum absolute atomic E-state index is 12.1. The lowest BCUT2D eigenvalue weighted by atomic mass is 9.97. The third-order valence-corrected chi connectivity index (χ3v) is 6.33. The van der Waals surface area contributed by atoms with Gasteiger partial charge in [-0.3, -0.25) is 4.79 Å². The van der Waals surface area contributed by atoms with Gasteiger partial charge in [-0.15, -0.1) is 0 Å². The van der Waals surface area contributed by atoms with Crippen molar-refractivity contribution in [1.82, 2.24) is 0 Å². The third kappa shape index (κ3) is 14.5. The van der Waals surface area contributed by atoms with Gasteiger partial charge in [0.05, 0.1) is 19.1 Å². The molecule has 2 rings (SSSR count). The van der Waals surface area contributed by atoms with Crippen LogP contribution < -0.4 is 0 Å². The lowest BCUT2D eigenvalue weighted by molar-refractivity contribution is -0.146. The highest BCUT2D eigenvalue weighted by Crippen LogP contribution is 2.27. The predicted molar refractivity (Wildman–Crippen MR) is 144 cm³/mol. The summed E-state index contributed by atoms with van der Waals surface area (Å²) < 4.78 is 11.3. The fraction of sp³-hybridized carbons (Fsp3) is 0.594. The largest absolute Gasteiger partial charge is 0.460 e. The fourth-order valence-electron chi connectivity index (χ4n) is 4.26. The molecule has 1 heterocycles. The highest BCUT2D eigenvalue weighted by Gasteiger charge is 2.33. The monoisotopic (exact) mass is 476 g/mol. The van der Waals surface area contributed by atoms with Crippen molar-refractivity contribution in [2.24, 2.45) is 5.92 Å². The first-order chi connectivity index (χ1) is 17.3. The standard InChI is InChI=1S/C32H44O3/c1-2-3-4-5-6-7-8-9-10-11-12-13-14-15-16-17-18-22-25-30-26-31(35-32(30)33)28-34-27-29-23-20-19-21-24-29/h5-6,19-21,23-24,30-31H,2-4,11-18,22,25-28H2,1H3/b6-5+/t30-,31-/m0/s1. The summed E-state index contributed by atoms with van der Waals surface area (Å²) in [5, 5.41) is 0. The van der Waals surface area contributed by atoms with E-state index in [9.17, 15) is 4.79 Å². The molecule has 0 aliphatic carbocycles. The number of hydrogen-bond acceptors (Lipinski definition) is 3. The topological polar surface area (TPSA) is 35.5 Å². The van der Waals surface area contributed by atoms with Crippen molar-refractivity contribution in [3.63, 3.8) is 0 Å². The van der Waals surface area contributed by atoms with Crippen LogP contribution in [0.2, 0.25) is 0 Å². The number of esters is 1. The van der Waals surface area contributed by atoms with Gasteiger partial charge in [0.15, 0.2) is 0 Å². The van der Waals surface area contributed by atoms with Gasteiger partial charge in [0.1, 0.15) is 6.10 Å². The van der Waals surface area contributed by atoms with Crippen LogP contribution in [0.5, 0.6) is 0 Å². The molecule has 0 bridgehead atoms. The Morgan fingerprint density at radius 3 is 2.49 bits per heavy atom. The summed E-state index contributed by atoms with van der Waals surface area (Å²) in [7, 11) is 0. The van der Waals surface area contributed by atoms with Crippen LogP contribution in [-0.4, -0.2) is 18.7 Å². The molecule has 0 aromatic heterocycles. The van der Waals surface area contributed by atoms with E-state index in [1.807, 2.05) is 36.4 Å². The van der Waals surface area contributed by atoms with Crippen molar-refractivity contribution in [1.29, 1.82) is 0 Å². The number of carbonyl (C=O) groups excluding carboxylic acids is 1. The molecular formula is C32H44O3. The van der Waals surface area contributed by atoms with Crippen molar-refractivity contribution < 1.29 is 14.3 Å². The van der Waals surface area contributed by atoms with E-state index in [0.29, 0.717) is 13.2 Å². The van der Waals surface area contributed by atoms with Crippen LogP contribution in [0.3, 0.4) is 0 Å². The van der Waals surface area contributed by atoms with Gasteiger partial charge in [0, 0.05) is 6.42 Å². The Hall–Kier alpha value is -2.49. The fourth-order valence-corrected chi connectivity index (χ4v) is 4.26. The minimum Gasteiger partial charge on any atom is -0.460 e. The second kappa shape index (κ2) is 19.8. The van der Waals surface area contributed by atoms with E-state index >= 15 is 0 Å². The summed E-state index contributed by atoms with van der Waals surface area (Å²) in [5.74, 6) is 12.0. The van der Waals surface area contributed by atoms with Gasteiger partial charge in [0.2, 0.25) is 0 Å². The molecule has 1 fully saturated rings. The summed E-state index contributed by atoms with van der Waals surface area (Å²) >= 11 is 0. The molecule has 1 aromatic rings. The van der Waals surface area contributed by atoms with Gasteiger partial charge >= 0.3 is 5.97 Å². The van der Waals surface area contributed by atoms with E-state index in [1.54, 1.807) is 0 Å². The molecule has 1 aromatic carbocycles. The van der Waals surface area contributed by atoms with Gasteiger partial charge < -0.3 is 9.47 Å². The molecule has 0 unspecified atom stereocenters. The Bertz CT molecular complexity index is 834. The molecule has 35 heavy (non-hydrogen) atoms. The number of carbonyl (C=O) groups is 1. The SMILES string of the molecule is CCCC/C=C/C#CC#CCCCCCCCCCC[C@H]1C[C@@H](COCc2ccccc2)OC1=O. The average molecular weight is 477 g/mol. The molecule has 1 aliphatic rings. The molecular weight excluding hydrogens is 432 g/mol. The molecule has 190 valence electrons. The van der Waals surface area contributed by atoms with Gasteiger partial charge in [-0.2, -0.15) is 0 Å². The molecule has 0 radical (unpaired) electrons. The average Bonchev–Trinajstić information content (AvgIpc) is 3.23. The maximum atomic E-state index is 12.1. The lowest BCUT2D eigenvalue weighted by Gasteiger charge is -2.09. The second-order valence-electron chi connectivity index (χ2n) is 9.48. The van der Waals surface area contributed by atoms with E-state index in [0.717, 1.165) is 37.7 Å². The first-order valence-corrected chi connectivity index (χ1v) is 13.7. The number of hydrogen-bond donors (Lipinski definition) is 0. The van der Waals surface area contributed by atoms with Crippen LogP contribution in [0.1, 0.15) is 102 Å². The number of ether oxygens (including phenoxy) is 2. The van der Waals surface area contributed by atoms with Crippen LogP contribution in [0.25, 0.3) is 0 Å². The van der Waals surface area contributed by atoms with Crippen molar-refractivity contribution in [2.75, 3.05) is 6.61 Å². The Morgan fingerprint density at radius 1 is 0.971 bits per heavy atom. The molecule has 0 spiro atoms. The molecule has 2 atom stereocenters.